The molecule has 0 aliphatic heterocycles. The van der Waals surface area contributed by atoms with Crippen molar-refractivity contribution in [2.24, 2.45) is 0 Å². The first-order valence-corrected chi connectivity index (χ1v) is 5.67. The summed E-state index contributed by atoms with van der Waals surface area (Å²) in [6, 6.07) is 11.3. The van der Waals surface area contributed by atoms with Crippen LogP contribution in [0, 0.1) is 0 Å². The van der Waals surface area contributed by atoms with Crippen molar-refractivity contribution in [3.8, 4) is 11.5 Å². The Balaban J connectivity index is 2.44. The topological polar surface area (TPSA) is 46.5 Å². The van der Waals surface area contributed by atoms with E-state index in [0.717, 1.165) is 0 Å². The summed E-state index contributed by atoms with van der Waals surface area (Å²) in [5, 5.41) is 9.88. The van der Waals surface area contributed by atoms with Gasteiger partial charge in [0, 0.05) is 11.1 Å². The van der Waals surface area contributed by atoms with Crippen molar-refractivity contribution in [3.05, 3.63) is 58.6 Å². The molecule has 0 aliphatic carbocycles. The standard InChI is InChI=1S/C14H11ClO3/c1-18-13-8-9(6-7-12(13)16)14(17)10-4-2-3-5-11(10)15/h2-8,16H,1H3. The minimum absolute atomic E-state index is 0.00629. The molecule has 2 aromatic rings. The maximum absolute atomic E-state index is 12.2. The second-order valence-electron chi connectivity index (χ2n) is 3.70. The van der Waals surface area contributed by atoms with Gasteiger partial charge in [0.1, 0.15) is 0 Å². The van der Waals surface area contributed by atoms with E-state index in [4.69, 9.17) is 16.3 Å². The molecule has 1 N–H and O–H groups in total. The maximum atomic E-state index is 12.2. The van der Waals surface area contributed by atoms with Crippen LogP contribution in [0.2, 0.25) is 5.02 Å². The number of phenols is 1. The molecule has 0 heterocycles. The van der Waals surface area contributed by atoms with Crippen molar-refractivity contribution in [1.29, 1.82) is 0 Å². The molecular formula is C14H11ClO3. The zero-order valence-electron chi connectivity index (χ0n) is 9.68. The molecule has 92 valence electrons. The van der Waals surface area contributed by atoms with Crippen LogP contribution in [0.25, 0.3) is 0 Å². The molecule has 0 radical (unpaired) electrons. The van der Waals surface area contributed by atoms with Crippen LogP contribution in [0.5, 0.6) is 11.5 Å². The van der Waals surface area contributed by atoms with Gasteiger partial charge in [0.15, 0.2) is 17.3 Å². The van der Waals surface area contributed by atoms with Crippen LogP contribution in [0.4, 0.5) is 0 Å². The first-order chi connectivity index (χ1) is 8.63. The zero-order valence-corrected chi connectivity index (χ0v) is 10.4. The van der Waals surface area contributed by atoms with E-state index in [-0.39, 0.29) is 17.3 Å². The molecule has 0 unspecified atom stereocenters. The SMILES string of the molecule is COc1cc(C(=O)c2ccccc2Cl)ccc1O. The number of benzene rings is 2. The van der Waals surface area contributed by atoms with Crippen molar-refractivity contribution in [1.82, 2.24) is 0 Å². The third-order valence-corrected chi connectivity index (χ3v) is 2.89. The molecule has 0 bridgehead atoms. The molecule has 0 atom stereocenters. The Kier molecular flexibility index (Phi) is 3.53. The van der Waals surface area contributed by atoms with E-state index >= 15 is 0 Å². The van der Waals surface area contributed by atoms with Gasteiger partial charge in [0.05, 0.1) is 12.1 Å². The number of carbonyl (C=O) groups excluding carboxylic acids is 1. The Hall–Kier alpha value is -2.00. The highest BCUT2D eigenvalue weighted by Crippen LogP contribution is 2.28. The van der Waals surface area contributed by atoms with Crippen LogP contribution in [-0.4, -0.2) is 18.0 Å². The van der Waals surface area contributed by atoms with E-state index in [1.165, 1.54) is 25.3 Å². The minimum atomic E-state index is -0.209. The minimum Gasteiger partial charge on any atom is -0.504 e. The summed E-state index contributed by atoms with van der Waals surface area (Å²) in [4.78, 5) is 12.2. The van der Waals surface area contributed by atoms with Crippen LogP contribution in [0.1, 0.15) is 15.9 Å². The Labute approximate surface area is 110 Å². The third kappa shape index (κ3) is 2.31. The van der Waals surface area contributed by atoms with Gasteiger partial charge in [-0.2, -0.15) is 0 Å². The Morgan fingerprint density at radius 1 is 1.22 bits per heavy atom. The molecule has 0 aromatic heterocycles. The molecule has 0 saturated carbocycles. The number of halogens is 1. The van der Waals surface area contributed by atoms with E-state index < -0.39 is 0 Å². The van der Waals surface area contributed by atoms with Crippen molar-refractivity contribution >= 4 is 17.4 Å². The predicted molar refractivity (Wildman–Crippen MR) is 69.5 cm³/mol. The van der Waals surface area contributed by atoms with Crippen LogP contribution in [0.3, 0.4) is 0 Å². The largest absolute Gasteiger partial charge is 0.504 e. The summed E-state index contributed by atoms with van der Waals surface area (Å²) >= 11 is 5.97. The highest BCUT2D eigenvalue weighted by molar-refractivity contribution is 6.35. The number of carbonyl (C=O) groups is 1. The number of hydrogen-bond acceptors (Lipinski definition) is 3. The number of phenolic OH excluding ortho intramolecular Hbond substituents is 1. The van der Waals surface area contributed by atoms with E-state index in [9.17, 15) is 9.90 Å². The van der Waals surface area contributed by atoms with E-state index in [0.29, 0.717) is 16.1 Å². The number of aromatic hydroxyl groups is 1. The smallest absolute Gasteiger partial charge is 0.194 e. The van der Waals surface area contributed by atoms with E-state index in [1.54, 1.807) is 24.3 Å². The van der Waals surface area contributed by atoms with Gasteiger partial charge in [-0.05, 0) is 30.3 Å². The maximum Gasteiger partial charge on any atom is 0.194 e. The fraction of sp³-hybridized carbons (Fsp3) is 0.0714. The molecule has 2 rings (SSSR count). The average Bonchev–Trinajstić information content (AvgIpc) is 2.39. The molecule has 4 heteroatoms. The van der Waals surface area contributed by atoms with Gasteiger partial charge >= 0.3 is 0 Å². The highest BCUT2D eigenvalue weighted by atomic mass is 35.5. The van der Waals surface area contributed by atoms with Crippen LogP contribution < -0.4 is 4.74 Å². The summed E-state index contributed by atoms with van der Waals surface area (Å²) in [7, 11) is 1.43. The number of hydrogen-bond donors (Lipinski definition) is 1. The van der Waals surface area contributed by atoms with Gasteiger partial charge in [-0.25, -0.2) is 0 Å². The summed E-state index contributed by atoms with van der Waals surface area (Å²) in [5.41, 5.74) is 0.838. The Morgan fingerprint density at radius 2 is 1.94 bits per heavy atom. The lowest BCUT2D eigenvalue weighted by Gasteiger charge is -2.07. The summed E-state index contributed by atoms with van der Waals surface area (Å²) in [5.74, 6) is 0.0417. The second-order valence-corrected chi connectivity index (χ2v) is 4.10. The van der Waals surface area contributed by atoms with Crippen molar-refractivity contribution in [2.45, 2.75) is 0 Å². The molecule has 0 fully saturated rings. The number of methoxy groups -OCH3 is 1. The van der Waals surface area contributed by atoms with Gasteiger partial charge in [0.2, 0.25) is 0 Å². The predicted octanol–water partition coefficient (Wildman–Crippen LogP) is 3.29. The van der Waals surface area contributed by atoms with Gasteiger partial charge < -0.3 is 9.84 Å². The fourth-order valence-electron chi connectivity index (χ4n) is 1.62. The summed E-state index contributed by atoms with van der Waals surface area (Å²) in [6.07, 6.45) is 0. The normalized spacial score (nSPS) is 10.1. The van der Waals surface area contributed by atoms with Crippen LogP contribution >= 0.6 is 11.6 Å². The molecular weight excluding hydrogens is 252 g/mol. The van der Waals surface area contributed by atoms with Gasteiger partial charge in [-0.15, -0.1) is 0 Å². The Bertz CT molecular complexity index is 593. The molecule has 0 amide bonds. The number of ether oxygens (including phenoxy) is 1. The lowest BCUT2D eigenvalue weighted by Crippen LogP contribution is -2.02. The quantitative estimate of drug-likeness (QED) is 0.864. The summed E-state index contributed by atoms with van der Waals surface area (Å²) < 4.78 is 4.97. The van der Waals surface area contributed by atoms with Crippen LogP contribution in [0.15, 0.2) is 42.5 Å². The molecule has 18 heavy (non-hydrogen) atoms. The van der Waals surface area contributed by atoms with Gasteiger partial charge in [0.25, 0.3) is 0 Å². The molecule has 0 spiro atoms. The fourth-order valence-corrected chi connectivity index (χ4v) is 1.84. The molecule has 2 aromatic carbocycles. The van der Waals surface area contributed by atoms with Crippen LogP contribution in [-0.2, 0) is 0 Å². The van der Waals surface area contributed by atoms with Crippen molar-refractivity contribution in [2.75, 3.05) is 7.11 Å². The molecule has 0 aliphatic rings. The molecule has 3 nitrogen and oxygen atoms in total. The zero-order chi connectivity index (χ0) is 13.1. The van der Waals surface area contributed by atoms with E-state index in [1.807, 2.05) is 0 Å². The van der Waals surface area contributed by atoms with Gasteiger partial charge in [-0.1, -0.05) is 23.7 Å². The number of ketones is 1. The summed E-state index contributed by atoms with van der Waals surface area (Å²) in [6.45, 7) is 0. The second kappa shape index (κ2) is 5.10. The molecule has 0 saturated heterocycles. The Morgan fingerprint density at radius 3 is 2.61 bits per heavy atom. The highest BCUT2D eigenvalue weighted by Gasteiger charge is 2.14. The first-order valence-electron chi connectivity index (χ1n) is 5.29. The lowest BCUT2D eigenvalue weighted by molar-refractivity contribution is 0.103. The van der Waals surface area contributed by atoms with Gasteiger partial charge in [-0.3, -0.25) is 4.79 Å². The number of rotatable bonds is 3. The third-order valence-electron chi connectivity index (χ3n) is 2.56. The monoisotopic (exact) mass is 262 g/mol. The lowest BCUT2D eigenvalue weighted by atomic mass is 10.0. The average molecular weight is 263 g/mol. The van der Waals surface area contributed by atoms with Crippen molar-refractivity contribution < 1.29 is 14.6 Å². The first kappa shape index (κ1) is 12.5. The van der Waals surface area contributed by atoms with Crippen molar-refractivity contribution in [3.63, 3.8) is 0 Å². The van der Waals surface area contributed by atoms with E-state index in [2.05, 4.69) is 0 Å².